The molecule has 2 heterocycles. The highest BCUT2D eigenvalue weighted by molar-refractivity contribution is 9.10. The Bertz CT molecular complexity index is 442. The molecule has 0 saturated carbocycles. The van der Waals surface area contributed by atoms with Crippen molar-refractivity contribution in [2.45, 2.75) is 40.0 Å². The fraction of sp³-hybridized carbons (Fsp3) is 0.667. The third-order valence-corrected chi connectivity index (χ3v) is 4.75. The van der Waals surface area contributed by atoms with E-state index in [9.17, 15) is 0 Å². The molecule has 106 valence electrons. The Morgan fingerprint density at radius 3 is 2.68 bits per heavy atom. The molecule has 1 atom stereocenters. The van der Waals surface area contributed by atoms with Crippen LogP contribution in [0, 0.1) is 11.3 Å². The lowest BCUT2D eigenvalue weighted by atomic mass is 9.77. The first-order chi connectivity index (χ1) is 8.88. The molecule has 1 aromatic rings. The number of anilines is 1. The molecule has 1 aromatic heterocycles. The van der Waals surface area contributed by atoms with E-state index in [2.05, 4.69) is 46.6 Å². The number of rotatable bonds is 1. The van der Waals surface area contributed by atoms with Crippen molar-refractivity contribution in [2.75, 3.05) is 18.0 Å². The van der Waals surface area contributed by atoms with Gasteiger partial charge in [-0.05, 0) is 52.6 Å². The molecular weight excluding hydrogens is 324 g/mol. The molecule has 0 radical (unpaired) electrons. The van der Waals surface area contributed by atoms with Crippen molar-refractivity contribution in [3.8, 4) is 0 Å². The van der Waals surface area contributed by atoms with Crippen molar-refractivity contribution in [2.24, 2.45) is 11.3 Å². The van der Waals surface area contributed by atoms with Crippen LogP contribution >= 0.6 is 27.5 Å². The number of aromatic nitrogens is 1. The second kappa shape index (κ2) is 6.01. The molecule has 1 fully saturated rings. The number of halogens is 2. The van der Waals surface area contributed by atoms with Crippen LogP contribution in [0.1, 0.15) is 40.0 Å². The first-order valence-electron chi connectivity index (χ1n) is 6.94. The van der Waals surface area contributed by atoms with Crippen molar-refractivity contribution in [3.05, 3.63) is 21.8 Å². The summed E-state index contributed by atoms with van der Waals surface area (Å²) >= 11 is 9.71. The Morgan fingerprint density at radius 2 is 2.05 bits per heavy atom. The number of hydrogen-bond donors (Lipinski definition) is 0. The second-order valence-corrected chi connectivity index (χ2v) is 7.76. The zero-order valence-electron chi connectivity index (χ0n) is 11.9. The van der Waals surface area contributed by atoms with Gasteiger partial charge in [-0.2, -0.15) is 0 Å². The van der Waals surface area contributed by atoms with E-state index in [0.717, 1.165) is 34.3 Å². The molecule has 1 unspecified atom stereocenters. The number of nitrogens with zero attached hydrogens (tertiary/aromatic N) is 2. The van der Waals surface area contributed by atoms with Crippen LogP contribution in [0.2, 0.25) is 5.02 Å². The summed E-state index contributed by atoms with van der Waals surface area (Å²) in [7, 11) is 0. The van der Waals surface area contributed by atoms with Gasteiger partial charge in [0.1, 0.15) is 5.82 Å². The molecule has 0 spiro atoms. The van der Waals surface area contributed by atoms with Gasteiger partial charge in [-0.3, -0.25) is 0 Å². The van der Waals surface area contributed by atoms with Gasteiger partial charge in [-0.25, -0.2) is 4.98 Å². The molecule has 1 saturated heterocycles. The van der Waals surface area contributed by atoms with Gasteiger partial charge in [0.2, 0.25) is 0 Å². The first-order valence-corrected chi connectivity index (χ1v) is 8.11. The normalized spacial score (nSPS) is 21.3. The summed E-state index contributed by atoms with van der Waals surface area (Å²) < 4.78 is 0.934. The molecule has 0 bridgehead atoms. The van der Waals surface area contributed by atoms with Gasteiger partial charge in [-0.1, -0.05) is 32.4 Å². The van der Waals surface area contributed by atoms with E-state index < -0.39 is 0 Å². The summed E-state index contributed by atoms with van der Waals surface area (Å²) in [5.41, 5.74) is 0.396. The minimum absolute atomic E-state index is 0.396. The van der Waals surface area contributed by atoms with E-state index in [1.165, 1.54) is 19.3 Å². The minimum atomic E-state index is 0.396. The second-order valence-electron chi connectivity index (χ2n) is 6.44. The molecule has 0 amide bonds. The van der Waals surface area contributed by atoms with Crippen molar-refractivity contribution in [1.82, 2.24) is 4.98 Å². The quantitative estimate of drug-likeness (QED) is 0.699. The first kappa shape index (κ1) is 15.1. The van der Waals surface area contributed by atoms with E-state index in [1.54, 1.807) is 0 Å². The highest BCUT2D eigenvalue weighted by Crippen LogP contribution is 2.36. The van der Waals surface area contributed by atoms with Crippen molar-refractivity contribution >= 4 is 33.3 Å². The highest BCUT2D eigenvalue weighted by atomic mass is 79.9. The predicted molar refractivity (Wildman–Crippen MR) is 86.0 cm³/mol. The van der Waals surface area contributed by atoms with E-state index >= 15 is 0 Å². The van der Waals surface area contributed by atoms with Crippen molar-refractivity contribution in [1.29, 1.82) is 0 Å². The summed E-state index contributed by atoms with van der Waals surface area (Å²) in [5.74, 6) is 1.71. The largest absolute Gasteiger partial charge is 0.355 e. The van der Waals surface area contributed by atoms with Crippen LogP contribution < -0.4 is 4.90 Å². The molecule has 2 nitrogen and oxygen atoms in total. The summed E-state index contributed by atoms with van der Waals surface area (Å²) in [6, 6.07) is 1.93. The molecule has 0 aromatic carbocycles. The van der Waals surface area contributed by atoms with Gasteiger partial charge in [0.05, 0.1) is 5.02 Å². The standard InChI is InChI=1S/C15H22BrClN2/c1-15(2,3)11-5-4-7-19(8-6-11)14-13(17)9-12(16)10-18-14/h9-11H,4-8H2,1-3H3. The Labute approximate surface area is 129 Å². The van der Waals surface area contributed by atoms with Crippen LogP contribution in [0.4, 0.5) is 5.82 Å². The van der Waals surface area contributed by atoms with E-state index in [1.807, 2.05) is 12.3 Å². The maximum Gasteiger partial charge on any atom is 0.147 e. The van der Waals surface area contributed by atoms with E-state index in [4.69, 9.17) is 11.6 Å². The summed E-state index contributed by atoms with van der Waals surface area (Å²) in [5, 5.41) is 0.739. The van der Waals surface area contributed by atoms with Crippen LogP contribution in [0.3, 0.4) is 0 Å². The van der Waals surface area contributed by atoms with Gasteiger partial charge in [0.15, 0.2) is 0 Å². The maximum absolute atomic E-state index is 6.31. The van der Waals surface area contributed by atoms with Crippen molar-refractivity contribution < 1.29 is 0 Å². The van der Waals surface area contributed by atoms with Gasteiger partial charge in [0.25, 0.3) is 0 Å². The average Bonchev–Trinajstić information content (AvgIpc) is 2.54. The summed E-state index contributed by atoms with van der Waals surface area (Å²) in [6.45, 7) is 9.14. The zero-order valence-corrected chi connectivity index (χ0v) is 14.3. The van der Waals surface area contributed by atoms with Gasteiger partial charge in [-0.15, -0.1) is 0 Å². The topological polar surface area (TPSA) is 16.1 Å². The molecule has 0 aliphatic carbocycles. The Hall–Kier alpha value is -0.280. The predicted octanol–water partition coefficient (Wildman–Crippen LogP) is 5.15. The van der Waals surface area contributed by atoms with Crippen LogP contribution in [-0.2, 0) is 0 Å². The average molecular weight is 346 g/mol. The molecule has 2 rings (SSSR count). The lowest BCUT2D eigenvalue weighted by Gasteiger charge is -2.30. The molecule has 0 N–H and O–H groups in total. The van der Waals surface area contributed by atoms with Gasteiger partial charge < -0.3 is 4.90 Å². The van der Waals surface area contributed by atoms with E-state index in [0.29, 0.717) is 5.41 Å². The Balaban J connectivity index is 2.11. The number of hydrogen-bond acceptors (Lipinski definition) is 2. The third kappa shape index (κ3) is 3.85. The van der Waals surface area contributed by atoms with E-state index in [-0.39, 0.29) is 0 Å². The fourth-order valence-corrected chi connectivity index (χ4v) is 3.56. The highest BCUT2D eigenvalue weighted by Gasteiger charge is 2.27. The SMILES string of the molecule is CC(C)(C)C1CCCN(c2ncc(Br)cc2Cl)CC1. The lowest BCUT2D eigenvalue weighted by Crippen LogP contribution is -2.27. The van der Waals surface area contributed by atoms with Crippen LogP contribution in [-0.4, -0.2) is 18.1 Å². The Morgan fingerprint density at radius 1 is 1.32 bits per heavy atom. The van der Waals surface area contributed by atoms with Crippen LogP contribution in [0.15, 0.2) is 16.7 Å². The summed E-state index contributed by atoms with van der Waals surface area (Å²) in [6.07, 6.45) is 5.56. The summed E-state index contributed by atoms with van der Waals surface area (Å²) in [4.78, 5) is 6.81. The maximum atomic E-state index is 6.31. The smallest absolute Gasteiger partial charge is 0.147 e. The minimum Gasteiger partial charge on any atom is -0.355 e. The lowest BCUT2D eigenvalue weighted by molar-refractivity contribution is 0.220. The fourth-order valence-electron chi connectivity index (χ4n) is 2.81. The van der Waals surface area contributed by atoms with Crippen molar-refractivity contribution in [3.63, 3.8) is 0 Å². The molecule has 19 heavy (non-hydrogen) atoms. The monoisotopic (exact) mass is 344 g/mol. The zero-order chi connectivity index (χ0) is 14.0. The Kier molecular flexibility index (Phi) is 4.78. The van der Waals surface area contributed by atoms with Gasteiger partial charge >= 0.3 is 0 Å². The molecule has 1 aliphatic rings. The van der Waals surface area contributed by atoms with Crippen LogP contribution in [0.5, 0.6) is 0 Å². The number of pyridine rings is 1. The molecule has 4 heteroatoms. The van der Waals surface area contributed by atoms with Crippen LogP contribution in [0.25, 0.3) is 0 Å². The van der Waals surface area contributed by atoms with Gasteiger partial charge in [0, 0.05) is 23.8 Å². The molecular formula is C15H22BrClN2. The molecule has 1 aliphatic heterocycles. The third-order valence-electron chi connectivity index (χ3n) is 4.04.